The molecule has 26 heavy (non-hydrogen) atoms. The van der Waals surface area contributed by atoms with Crippen molar-refractivity contribution >= 4 is 5.91 Å². The number of rotatable bonds is 4. The van der Waals surface area contributed by atoms with E-state index in [2.05, 4.69) is 5.10 Å². The van der Waals surface area contributed by atoms with Gasteiger partial charge in [0.15, 0.2) is 0 Å². The molecule has 138 valence electrons. The molecule has 0 unspecified atom stereocenters. The highest BCUT2D eigenvalue weighted by Gasteiger charge is 2.52. The summed E-state index contributed by atoms with van der Waals surface area (Å²) in [6.45, 7) is 0.722. The van der Waals surface area contributed by atoms with Crippen LogP contribution in [0, 0.1) is 0 Å². The molecule has 1 aliphatic heterocycles. The number of carbonyl (C=O) groups is 1. The van der Waals surface area contributed by atoms with Gasteiger partial charge in [-0.1, -0.05) is 6.07 Å². The molecule has 2 aromatic rings. The summed E-state index contributed by atoms with van der Waals surface area (Å²) in [5.41, 5.74) is 1.34. The zero-order chi connectivity index (χ0) is 18.1. The Morgan fingerprint density at radius 3 is 2.88 bits per heavy atom. The van der Waals surface area contributed by atoms with Crippen LogP contribution in [0.15, 0.2) is 42.7 Å². The van der Waals surface area contributed by atoms with Crippen molar-refractivity contribution in [2.45, 2.75) is 43.4 Å². The molecule has 1 saturated carbocycles. The van der Waals surface area contributed by atoms with Crippen LogP contribution >= 0.6 is 0 Å². The predicted molar refractivity (Wildman–Crippen MR) is 97.4 cm³/mol. The van der Waals surface area contributed by atoms with E-state index >= 15 is 0 Å². The van der Waals surface area contributed by atoms with Crippen LogP contribution in [0.5, 0.6) is 0 Å². The molecule has 1 aromatic heterocycles. The molecule has 6 heteroatoms. The summed E-state index contributed by atoms with van der Waals surface area (Å²) in [7, 11) is 3.52. The molecule has 1 saturated heterocycles. The lowest BCUT2D eigenvalue weighted by Crippen LogP contribution is -2.53. The van der Waals surface area contributed by atoms with Crippen LogP contribution in [0.3, 0.4) is 0 Å². The first-order valence-corrected chi connectivity index (χ1v) is 9.16. The van der Waals surface area contributed by atoms with Crippen molar-refractivity contribution in [1.29, 1.82) is 0 Å². The second-order valence-electron chi connectivity index (χ2n) is 7.17. The van der Waals surface area contributed by atoms with E-state index < -0.39 is 0 Å². The fourth-order valence-corrected chi connectivity index (χ4v) is 4.49. The van der Waals surface area contributed by atoms with Gasteiger partial charge in [0.1, 0.15) is 0 Å². The lowest BCUT2D eigenvalue weighted by molar-refractivity contribution is -0.0893. The molecule has 1 aromatic carbocycles. The second kappa shape index (κ2) is 6.85. The molecule has 1 aliphatic carbocycles. The maximum Gasteiger partial charge on any atom is 0.254 e. The van der Waals surface area contributed by atoms with Crippen LogP contribution in [0.25, 0.3) is 5.69 Å². The summed E-state index contributed by atoms with van der Waals surface area (Å²) < 4.78 is 13.3. The Labute approximate surface area is 153 Å². The fraction of sp³-hybridized carbons (Fsp3) is 0.500. The molecular weight excluding hydrogens is 330 g/mol. The topological polar surface area (TPSA) is 56.6 Å². The van der Waals surface area contributed by atoms with Crippen molar-refractivity contribution in [2.75, 3.05) is 20.8 Å². The first kappa shape index (κ1) is 17.2. The quantitative estimate of drug-likeness (QED) is 0.846. The van der Waals surface area contributed by atoms with E-state index in [0.717, 1.165) is 37.9 Å². The summed E-state index contributed by atoms with van der Waals surface area (Å²) in [6.07, 6.45) is 7.42. The number of nitrogens with zero attached hydrogens (tertiary/aromatic N) is 3. The molecule has 2 fully saturated rings. The van der Waals surface area contributed by atoms with E-state index in [4.69, 9.17) is 9.47 Å². The number of likely N-dealkylation sites (tertiary alicyclic amines) is 1. The third-order valence-electron chi connectivity index (χ3n) is 6.00. The Hall–Kier alpha value is -2.18. The lowest BCUT2D eigenvalue weighted by atomic mass is 9.79. The van der Waals surface area contributed by atoms with E-state index in [0.29, 0.717) is 5.56 Å². The van der Waals surface area contributed by atoms with Gasteiger partial charge in [-0.15, -0.1) is 0 Å². The molecule has 3 atom stereocenters. The molecule has 4 rings (SSSR count). The number of hydrogen-bond donors (Lipinski definition) is 0. The van der Waals surface area contributed by atoms with Crippen LogP contribution in [0.1, 0.15) is 36.0 Å². The van der Waals surface area contributed by atoms with Gasteiger partial charge in [0.05, 0.1) is 23.4 Å². The van der Waals surface area contributed by atoms with Gasteiger partial charge in [-0.2, -0.15) is 5.10 Å². The van der Waals surface area contributed by atoms with E-state index in [1.165, 1.54) is 0 Å². The van der Waals surface area contributed by atoms with Crippen LogP contribution in [-0.4, -0.2) is 59.1 Å². The van der Waals surface area contributed by atoms with Crippen molar-refractivity contribution in [3.05, 3.63) is 48.3 Å². The minimum Gasteiger partial charge on any atom is -0.381 e. The molecule has 2 heterocycles. The zero-order valence-corrected chi connectivity index (χ0v) is 15.3. The first-order chi connectivity index (χ1) is 12.7. The highest BCUT2D eigenvalue weighted by molar-refractivity contribution is 5.95. The maximum absolute atomic E-state index is 13.3. The van der Waals surface area contributed by atoms with Gasteiger partial charge < -0.3 is 14.4 Å². The normalized spacial score (nSPS) is 28.2. The standard InChI is InChI=1S/C20H25N3O3/c1-25-17-7-8-20(26-2)9-12-22(18(20)14-17)19(24)15-5-3-6-16(13-15)23-11-4-10-21-23/h3-6,10-11,13,17-18H,7-9,12,14H2,1-2H3/t17-,18+,20-/m0/s1. The van der Waals surface area contributed by atoms with Crippen molar-refractivity contribution in [1.82, 2.24) is 14.7 Å². The number of fused-ring (bicyclic) bond motifs is 1. The Kier molecular flexibility index (Phi) is 4.54. The summed E-state index contributed by atoms with van der Waals surface area (Å²) in [6, 6.07) is 9.57. The highest BCUT2D eigenvalue weighted by Crippen LogP contribution is 2.43. The predicted octanol–water partition coefficient (Wildman–Crippen LogP) is 2.67. The monoisotopic (exact) mass is 355 g/mol. The molecular formula is C20H25N3O3. The lowest BCUT2D eigenvalue weighted by Gasteiger charge is -2.43. The van der Waals surface area contributed by atoms with Crippen LogP contribution in [0.4, 0.5) is 0 Å². The Balaban J connectivity index is 1.61. The average molecular weight is 355 g/mol. The first-order valence-electron chi connectivity index (χ1n) is 9.16. The summed E-state index contributed by atoms with van der Waals surface area (Å²) >= 11 is 0. The molecule has 1 amide bonds. The molecule has 0 bridgehead atoms. The largest absolute Gasteiger partial charge is 0.381 e. The third kappa shape index (κ3) is 2.83. The molecule has 0 radical (unpaired) electrons. The Bertz CT molecular complexity index is 776. The van der Waals surface area contributed by atoms with Crippen molar-refractivity contribution in [2.24, 2.45) is 0 Å². The van der Waals surface area contributed by atoms with E-state index in [-0.39, 0.29) is 23.7 Å². The summed E-state index contributed by atoms with van der Waals surface area (Å²) in [5, 5.41) is 4.25. The van der Waals surface area contributed by atoms with E-state index in [1.807, 2.05) is 41.4 Å². The zero-order valence-electron chi connectivity index (χ0n) is 15.3. The summed E-state index contributed by atoms with van der Waals surface area (Å²) in [4.78, 5) is 15.3. The molecule has 2 aliphatic rings. The summed E-state index contributed by atoms with van der Waals surface area (Å²) in [5.74, 6) is 0.0553. The number of carbonyl (C=O) groups excluding carboxylic acids is 1. The van der Waals surface area contributed by atoms with Gasteiger partial charge >= 0.3 is 0 Å². The van der Waals surface area contributed by atoms with Crippen LogP contribution < -0.4 is 0 Å². The highest BCUT2D eigenvalue weighted by atomic mass is 16.5. The van der Waals surface area contributed by atoms with Gasteiger partial charge in [0, 0.05) is 38.7 Å². The SMILES string of the molecule is CO[C@H]1CC[C@]2(OC)CCN(C(=O)c3cccc(-n4cccn4)c3)[C@@H]2C1. The van der Waals surface area contributed by atoms with Crippen LogP contribution in [0.2, 0.25) is 0 Å². The van der Waals surface area contributed by atoms with Gasteiger partial charge in [-0.05, 0) is 49.9 Å². The fourth-order valence-electron chi connectivity index (χ4n) is 4.49. The maximum atomic E-state index is 13.3. The third-order valence-corrected chi connectivity index (χ3v) is 6.00. The van der Waals surface area contributed by atoms with Crippen molar-refractivity contribution in [3.63, 3.8) is 0 Å². The van der Waals surface area contributed by atoms with Crippen LogP contribution in [-0.2, 0) is 9.47 Å². The molecule has 0 N–H and O–H groups in total. The van der Waals surface area contributed by atoms with E-state index in [1.54, 1.807) is 25.1 Å². The van der Waals surface area contributed by atoms with Crippen molar-refractivity contribution < 1.29 is 14.3 Å². The van der Waals surface area contributed by atoms with E-state index in [9.17, 15) is 4.79 Å². The van der Waals surface area contributed by atoms with Crippen molar-refractivity contribution in [3.8, 4) is 5.69 Å². The molecule has 6 nitrogen and oxygen atoms in total. The van der Waals surface area contributed by atoms with Gasteiger partial charge in [-0.3, -0.25) is 4.79 Å². The number of hydrogen-bond acceptors (Lipinski definition) is 4. The average Bonchev–Trinajstić information content (AvgIpc) is 3.35. The molecule has 0 spiro atoms. The second-order valence-corrected chi connectivity index (χ2v) is 7.17. The minimum atomic E-state index is -0.232. The minimum absolute atomic E-state index is 0.0553. The number of ether oxygens (including phenoxy) is 2. The number of aromatic nitrogens is 2. The number of methoxy groups -OCH3 is 2. The number of amides is 1. The Morgan fingerprint density at radius 2 is 2.15 bits per heavy atom. The Morgan fingerprint density at radius 1 is 1.27 bits per heavy atom. The smallest absolute Gasteiger partial charge is 0.254 e. The van der Waals surface area contributed by atoms with Gasteiger partial charge in [0.2, 0.25) is 0 Å². The number of benzene rings is 1. The van der Waals surface area contributed by atoms with Gasteiger partial charge in [-0.25, -0.2) is 4.68 Å². The van der Waals surface area contributed by atoms with Gasteiger partial charge in [0.25, 0.3) is 5.91 Å².